The summed E-state index contributed by atoms with van der Waals surface area (Å²) in [5.74, 6) is -0.935. The number of hydrogen-bond acceptors (Lipinski definition) is 8. The number of pyridine rings is 1. The molecule has 0 saturated carbocycles. The number of carboxylic acids is 1. The number of hydrogen-bond donors (Lipinski definition) is 3. The molecule has 0 radical (unpaired) electrons. The van der Waals surface area contributed by atoms with Crippen molar-refractivity contribution < 1.29 is 24.2 Å². The first-order chi connectivity index (χ1) is 21.7. The van der Waals surface area contributed by atoms with Crippen LogP contribution < -0.4 is 15.4 Å². The number of nitrogens with zero attached hydrogens (tertiary/aromatic N) is 3. The van der Waals surface area contributed by atoms with Crippen molar-refractivity contribution in [1.82, 2.24) is 25.6 Å². The van der Waals surface area contributed by atoms with E-state index in [-0.39, 0.29) is 11.8 Å². The number of halogens is 1. The Morgan fingerprint density at radius 1 is 0.913 bits per heavy atom. The molecule has 3 aromatic heterocycles. The molecular formula is C34H38ClN5O5S. The van der Waals surface area contributed by atoms with E-state index in [1.54, 1.807) is 30.7 Å². The van der Waals surface area contributed by atoms with E-state index in [1.165, 1.54) is 18.3 Å². The number of aromatic nitrogens is 3. The first kappa shape index (κ1) is 34.5. The molecule has 0 bridgehead atoms. The van der Waals surface area contributed by atoms with Gasteiger partial charge in [-0.25, -0.2) is 15.0 Å². The summed E-state index contributed by atoms with van der Waals surface area (Å²) in [6.07, 6.45) is 5.19. The van der Waals surface area contributed by atoms with Crippen molar-refractivity contribution in [1.29, 1.82) is 0 Å². The lowest BCUT2D eigenvalue weighted by Gasteiger charge is -2.20. The molecule has 2 amide bonds. The number of aliphatic carboxylic acids is 1. The second-order valence-electron chi connectivity index (χ2n) is 12.4. The van der Waals surface area contributed by atoms with Crippen LogP contribution in [0, 0.1) is 5.92 Å². The molecule has 2 atom stereocenters. The Morgan fingerprint density at radius 3 is 2.13 bits per heavy atom. The summed E-state index contributed by atoms with van der Waals surface area (Å²) in [5, 5.41) is 15.0. The Kier molecular flexibility index (Phi) is 11.1. The highest BCUT2D eigenvalue weighted by Gasteiger charge is 2.26. The van der Waals surface area contributed by atoms with Crippen LogP contribution in [-0.2, 0) is 21.4 Å². The predicted octanol–water partition coefficient (Wildman–Crippen LogP) is 6.18. The Bertz CT molecular complexity index is 1680. The highest BCUT2D eigenvalue weighted by Crippen LogP contribution is 2.30. The number of benzene rings is 1. The molecule has 0 spiro atoms. The Balaban J connectivity index is 1.47. The molecule has 4 rings (SSSR count). The summed E-state index contributed by atoms with van der Waals surface area (Å²) in [4.78, 5) is 52.5. The van der Waals surface area contributed by atoms with Gasteiger partial charge in [-0.1, -0.05) is 70.5 Å². The third-order valence-electron chi connectivity index (χ3n) is 6.92. The number of thiophene rings is 1. The minimum atomic E-state index is -1.17. The second-order valence-corrected chi connectivity index (χ2v) is 13.9. The normalized spacial score (nSPS) is 12.8. The van der Waals surface area contributed by atoms with Crippen LogP contribution >= 0.6 is 22.9 Å². The first-order valence-corrected chi connectivity index (χ1v) is 16.0. The molecular weight excluding hydrogens is 626 g/mol. The fourth-order valence-electron chi connectivity index (χ4n) is 4.26. The lowest BCUT2D eigenvalue weighted by Crippen LogP contribution is -2.51. The molecule has 0 aliphatic rings. The molecule has 10 nitrogen and oxygen atoms in total. The lowest BCUT2D eigenvalue weighted by atomic mass is 9.95. The van der Waals surface area contributed by atoms with E-state index in [9.17, 15) is 19.5 Å². The van der Waals surface area contributed by atoms with Crippen LogP contribution in [0.5, 0.6) is 5.88 Å². The smallest absolute Gasteiger partial charge is 0.325 e. The molecule has 12 heteroatoms. The minimum Gasteiger partial charge on any atom is -0.480 e. The Labute approximate surface area is 277 Å². The molecule has 242 valence electrons. The van der Waals surface area contributed by atoms with E-state index in [1.807, 2.05) is 44.2 Å². The van der Waals surface area contributed by atoms with Crippen LogP contribution in [0.15, 0.2) is 61.1 Å². The van der Waals surface area contributed by atoms with Crippen molar-refractivity contribution >= 4 is 40.7 Å². The molecule has 1 aromatic carbocycles. The van der Waals surface area contributed by atoms with Crippen LogP contribution in [0.25, 0.3) is 22.5 Å². The van der Waals surface area contributed by atoms with Crippen LogP contribution in [0.1, 0.15) is 61.7 Å². The molecule has 3 heterocycles. The summed E-state index contributed by atoms with van der Waals surface area (Å²) < 4.78 is 5.65. The zero-order chi connectivity index (χ0) is 33.6. The van der Waals surface area contributed by atoms with Gasteiger partial charge in [-0.2, -0.15) is 0 Å². The average Bonchev–Trinajstić information content (AvgIpc) is 3.52. The Morgan fingerprint density at radius 2 is 1.57 bits per heavy atom. The van der Waals surface area contributed by atoms with Crippen LogP contribution in [0.2, 0.25) is 5.02 Å². The van der Waals surface area contributed by atoms with E-state index in [0.717, 1.165) is 27.1 Å². The summed E-state index contributed by atoms with van der Waals surface area (Å²) in [7, 11) is 0. The van der Waals surface area contributed by atoms with Crippen molar-refractivity contribution in [2.45, 2.75) is 65.5 Å². The quantitative estimate of drug-likeness (QED) is 0.163. The van der Waals surface area contributed by atoms with Crippen LogP contribution in [-0.4, -0.2) is 56.5 Å². The van der Waals surface area contributed by atoms with Gasteiger partial charge in [0.2, 0.25) is 11.8 Å². The van der Waals surface area contributed by atoms with Gasteiger partial charge >= 0.3 is 5.97 Å². The average molecular weight is 664 g/mol. The van der Waals surface area contributed by atoms with Gasteiger partial charge in [0, 0.05) is 46.6 Å². The monoisotopic (exact) mass is 663 g/mol. The maximum Gasteiger partial charge on any atom is 0.325 e. The van der Waals surface area contributed by atoms with Gasteiger partial charge in [-0.05, 0) is 42.0 Å². The number of nitrogens with one attached hydrogen (secondary N) is 2. The topological polar surface area (TPSA) is 143 Å². The summed E-state index contributed by atoms with van der Waals surface area (Å²) in [5.41, 5.74) is 2.88. The van der Waals surface area contributed by atoms with Crippen molar-refractivity contribution in [2.24, 2.45) is 5.92 Å². The SMILES string of the molecule is CC(C)COc1ncc(-c2cnc(-c3ccc(C[C@H](NC(=O)c4ccc(C(C)(C)C)s4)C(=O)N[C@H](C)C(=O)O)cc3)nc2)cc1Cl. The van der Waals surface area contributed by atoms with E-state index < -0.39 is 29.9 Å². The molecule has 46 heavy (non-hydrogen) atoms. The largest absolute Gasteiger partial charge is 0.480 e. The fraction of sp³-hybridized carbons (Fsp3) is 0.353. The Hall–Kier alpha value is -4.35. The molecule has 0 aliphatic carbocycles. The van der Waals surface area contributed by atoms with Gasteiger partial charge in [0.25, 0.3) is 5.91 Å². The second kappa shape index (κ2) is 14.8. The van der Waals surface area contributed by atoms with E-state index in [0.29, 0.717) is 34.1 Å². The van der Waals surface area contributed by atoms with Crippen LogP contribution in [0.4, 0.5) is 0 Å². The zero-order valence-electron chi connectivity index (χ0n) is 26.6. The number of rotatable bonds is 12. The number of ether oxygens (including phenoxy) is 1. The number of carbonyl (C=O) groups is 3. The van der Waals surface area contributed by atoms with E-state index >= 15 is 0 Å². The highest BCUT2D eigenvalue weighted by molar-refractivity contribution is 7.14. The third kappa shape index (κ3) is 9.11. The summed E-state index contributed by atoms with van der Waals surface area (Å²) in [6, 6.07) is 10.6. The molecule has 0 aliphatic heterocycles. The van der Waals surface area contributed by atoms with Gasteiger partial charge in [0.05, 0.1) is 11.5 Å². The third-order valence-corrected chi connectivity index (χ3v) is 8.70. The van der Waals surface area contributed by atoms with Crippen molar-refractivity contribution in [3.8, 4) is 28.4 Å². The molecule has 0 saturated heterocycles. The summed E-state index contributed by atoms with van der Waals surface area (Å²) >= 11 is 7.74. The van der Waals surface area contributed by atoms with Gasteiger partial charge in [-0.3, -0.25) is 14.4 Å². The number of carboxylic acid groups (broad SMARTS) is 1. The van der Waals surface area contributed by atoms with Gasteiger partial charge in [-0.15, -0.1) is 11.3 Å². The number of amides is 2. The standard InChI is InChI=1S/C34H38ClN5O5S/c1-19(2)18-45-32-25(35)14-23(15-38-32)24-16-36-29(37-17-24)22-9-7-21(8-10-22)13-26(30(41)39-20(3)33(43)44)40-31(42)27-11-12-28(46-27)34(4,5)6/h7-12,14-17,19-20,26H,13,18H2,1-6H3,(H,39,41)(H,40,42)(H,43,44)/t20-,26+/m1/s1. The molecule has 4 aromatic rings. The molecule has 0 fully saturated rings. The van der Waals surface area contributed by atoms with E-state index in [2.05, 4.69) is 46.4 Å². The van der Waals surface area contributed by atoms with Crippen molar-refractivity contribution in [2.75, 3.05) is 6.61 Å². The molecule has 0 unspecified atom stereocenters. The minimum absolute atomic E-state index is 0.123. The first-order valence-electron chi connectivity index (χ1n) is 14.9. The highest BCUT2D eigenvalue weighted by atomic mass is 35.5. The number of carbonyl (C=O) groups excluding carboxylic acids is 2. The van der Waals surface area contributed by atoms with Gasteiger partial charge in [0.1, 0.15) is 17.1 Å². The van der Waals surface area contributed by atoms with Crippen molar-refractivity contribution in [3.63, 3.8) is 0 Å². The fourth-order valence-corrected chi connectivity index (χ4v) is 5.45. The predicted molar refractivity (Wildman–Crippen MR) is 179 cm³/mol. The van der Waals surface area contributed by atoms with Crippen molar-refractivity contribution in [3.05, 3.63) is 81.4 Å². The molecule has 3 N–H and O–H groups in total. The maximum absolute atomic E-state index is 13.1. The maximum atomic E-state index is 13.1. The van der Waals surface area contributed by atoms with Gasteiger partial charge in [0.15, 0.2) is 5.82 Å². The van der Waals surface area contributed by atoms with E-state index in [4.69, 9.17) is 16.3 Å². The lowest BCUT2D eigenvalue weighted by molar-refractivity contribution is -0.141. The zero-order valence-corrected chi connectivity index (χ0v) is 28.2. The van der Waals surface area contributed by atoms with Crippen LogP contribution in [0.3, 0.4) is 0 Å². The van der Waals surface area contributed by atoms with Gasteiger partial charge < -0.3 is 20.5 Å². The summed E-state index contributed by atoms with van der Waals surface area (Å²) in [6.45, 7) is 12.2.